The number of allylic oxidation sites excluding steroid dienone is 2. The summed E-state index contributed by atoms with van der Waals surface area (Å²) >= 11 is 8.25. The van der Waals surface area contributed by atoms with Gasteiger partial charge in [0.15, 0.2) is 11.6 Å². The molecule has 2 rings (SSSR count). The number of hydrogen-bond donors (Lipinski definition) is 0. The molecular weight excluding hydrogens is 363 g/mol. The van der Waals surface area contributed by atoms with E-state index >= 15 is 0 Å². The summed E-state index contributed by atoms with van der Waals surface area (Å²) in [6.45, 7) is 1.96. The smallest absolute Gasteiger partial charge is 0.197 e. The first-order chi connectivity index (χ1) is 8.49. The molecule has 1 aliphatic rings. The molecule has 94 valence electrons. The molecule has 4 heteroatoms. The lowest BCUT2D eigenvalue weighted by molar-refractivity contribution is -0.116. The van der Waals surface area contributed by atoms with Crippen molar-refractivity contribution < 1.29 is 9.59 Å². The van der Waals surface area contributed by atoms with Gasteiger partial charge in [0.1, 0.15) is 0 Å². The van der Waals surface area contributed by atoms with E-state index in [1.165, 1.54) is 0 Å². The normalized spacial score (nSPS) is 20.2. The van der Waals surface area contributed by atoms with Crippen LogP contribution in [-0.4, -0.2) is 11.6 Å². The van der Waals surface area contributed by atoms with Crippen molar-refractivity contribution in [3.05, 3.63) is 44.0 Å². The summed E-state index contributed by atoms with van der Waals surface area (Å²) in [6, 6.07) is 7.15. The monoisotopic (exact) mass is 374 g/mol. The molecule has 0 N–H and O–H groups in total. The van der Waals surface area contributed by atoms with E-state index in [2.05, 4.69) is 22.6 Å². The fraction of sp³-hybridized carbons (Fsp3) is 0.286. The van der Waals surface area contributed by atoms with Crippen molar-refractivity contribution >= 4 is 45.8 Å². The minimum absolute atomic E-state index is 0.137. The van der Waals surface area contributed by atoms with Gasteiger partial charge in [-0.05, 0) is 59.2 Å². The van der Waals surface area contributed by atoms with Crippen LogP contribution in [0, 0.1) is 9.49 Å². The molecule has 0 heterocycles. The van der Waals surface area contributed by atoms with E-state index in [0.29, 0.717) is 23.4 Å². The molecule has 0 fully saturated rings. The molecule has 0 aliphatic heterocycles. The quantitative estimate of drug-likeness (QED) is 0.446. The van der Waals surface area contributed by atoms with Gasteiger partial charge in [-0.1, -0.05) is 18.5 Å². The van der Waals surface area contributed by atoms with Crippen molar-refractivity contribution in [2.75, 3.05) is 0 Å². The van der Waals surface area contributed by atoms with Crippen molar-refractivity contribution in [1.82, 2.24) is 0 Å². The molecule has 1 atom stereocenters. The summed E-state index contributed by atoms with van der Waals surface area (Å²) in [5.41, 5.74) is 0.697. The van der Waals surface area contributed by atoms with Gasteiger partial charge in [-0.15, -0.1) is 0 Å². The van der Waals surface area contributed by atoms with E-state index in [0.717, 1.165) is 3.57 Å². The van der Waals surface area contributed by atoms with Crippen LogP contribution in [-0.2, 0) is 4.79 Å². The minimum atomic E-state index is -0.256. The van der Waals surface area contributed by atoms with Crippen LogP contribution < -0.4 is 0 Å². The van der Waals surface area contributed by atoms with Crippen molar-refractivity contribution in [2.24, 2.45) is 5.92 Å². The van der Waals surface area contributed by atoms with Gasteiger partial charge >= 0.3 is 0 Å². The second-order valence-corrected chi connectivity index (χ2v) is 6.25. The number of carbonyl (C=O) groups is 2. The fourth-order valence-electron chi connectivity index (χ4n) is 2.05. The molecule has 18 heavy (non-hydrogen) atoms. The Labute approximate surface area is 125 Å². The van der Waals surface area contributed by atoms with Crippen molar-refractivity contribution in [3.63, 3.8) is 0 Å². The highest BCUT2D eigenvalue weighted by molar-refractivity contribution is 14.1. The highest BCUT2D eigenvalue weighted by atomic mass is 127. The predicted octanol–water partition coefficient (Wildman–Crippen LogP) is 3.97. The van der Waals surface area contributed by atoms with Crippen LogP contribution in [0.15, 0.2) is 34.9 Å². The molecule has 0 saturated carbocycles. The molecule has 0 amide bonds. The van der Waals surface area contributed by atoms with Gasteiger partial charge in [0.2, 0.25) is 0 Å². The van der Waals surface area contributed by atoms with E-state index in [1.54, 1.807) is 12.1 Å². The Balaban J connectivity index is 2.36. The molecule has 2 nitrogen and oxygen atoms in total. The zero-order valence-corrected chi connectivity index (χ0v) is 12.8. The SMILES string of the molecule is C[C@@H]1CC(=O)C(C(=O)c2ccc(I)cc2)=C(Cl)C1. The summed E-state index contributed by atoms with van der Waals surface area (Å²) in [6.07, 6.45) is 1.01. The number of Topliss-reactive ketones (excluding diaryl/α,β-unsaturated/α-hetero) is 2. The average molecular weight is 375 g/mol. The maximum absolute atomic E-state index is 12.3. The first-order valence-electron chi connectivity index (χ1n) is 5.71. The molecule has 1 aliphatic carbocycles. The minimum Gasteiger partial charge on any atom is -0.294 e. The van der Waals surface area contributed by atoms with Gasteiger partial charge in [0, 0.05) is 20.6 Å². The van der Waals surface area contributed by atoms with E-state index in [9.17, 15) is 9.59 Å². The van der Waals surface area contributed by atoms with Crippen LogP contribution in [0.1, 0.15) is 30.1 Å². The number of benzene rings is 1. The number of halogens is 2. The van der Waals surface area contributed by atoms with E-state index in [4.69, 9.17) is 11.6 Å². The molecule has 0 aromatic heterocycles. The standard InChI is InChI=1S/C14H12ClIO2/c1-8-6-11(15)13(12(17)7-8)14(18)9-2-4-10(16)5-3-9/h2-5,8H,6-7H2,1H3/t8-/m0/s1. The van der Waals surface area contributed by atoms with Gasteiger partial charge in [0.05, 0.1) is 5.57 Å². The molecule has 1 aromatic rings. The van der Waals surface area contributed by atoms with Crippen LogP contribution in [0.2, 0.25) is 0 Å². The lowest BCUT2D eigenvalue weighted by Gasteiger charge is -2.19. The first kappa shape index (κ1) is 13.7. The number of ketones is 2. The maximum Gasteiger partial charge on any atom is 0.197 e. The molecule has 1 aromatic carbocycles. The maximum atomic E-state index is 12.3. The van der Waals surface area contributed by atoms with Crippen LogP contribution in [0.5, 0.6) is 0 Å². The van der Waals surface area contributed by atoms with Crippen molar-refractivity contribution in [1.29, 1.82) is 0 Å². The highest BCUT2D eigenvalue weighted by Crippen LogP contribution is 2.31. The van der Waals surface area contributed by atoms with Crippen LogP contribution in [0.3, 0.4) is 0 Å². The molecule has 0 unspecified atom stereocenters. The Morgan fingerprint density at radius 3 is 2.44 bits per heavy atom. The van der Waals surface area contributed by atoms with Gasteiger partial charge in [-0.2, -0.15) is 0 Å². The highest BCUT2D eigenvalue weighted by Gasteiger charge is 2.29. The Morgan fingerprint density at radius 2 is 1.89 bits per heavy atom. The summed E-state index contributed by atoms with van der Waals surface area (Å²) in [5, 5.41) is 0.405. The van der Waals surface area contributed by atoms with Crippen LogP contribution in [0.4, 0.5) is 0 Å². The van der Waals surface area contributed by atoms with Crippen LogP contribution >= 0.6 is 34.2 Å². The Hall–Kier alpha value is -0.680. The molecule has 0 radical (unpaired) electrons. The Bertz CT molecular complexity index is 531. The summed E-state index contributed by atoms with van der Waals surface area (Å²) < 4.78 is 1.05. The number of carbonyl (C=O) groups excluding carboxylic acids is 2. The second-order valence-electron chi connectivity index (χ2n) is 4.55. The topological polar surface area (TPSA) is 34.1 Å². The number of hydrogen-bond acceptors (Lipinski definition) is 2. The molecular formula is C14H12ClIO2. The van der Waals surface area contributed by atoms with E-state index in [-0.39, 0.29) is 23.1 Å². The fourth-order valence-corrected chi connectivity index (χ4v) is 2.86. The average Bonchev–Trinajstić information content (AvgIpc) is 2.28. The van der Waals surface area contributed by atoms with Crippen molar-refractivity contribution in [3.8, 4) is 0 Å². The van der Waals surface area contributed by atoms with E-state index < -0.39 is 0 Å². The van der Waals surface area contributed by atoms with Gasteiger partial charge in [-0.25, -0.2) is 0 Å². The summed E-state index contributed by atoms with van der Waals surface area (Å²) in [5.74, 6) is -0.172. The van der Waals surface area contributed by atoms with Gasteiger partial charge in [0.25, 0.3) is 0 Å². The summed E-state index contributed by atoms with van der Waals surface area (Å²) in [7, 11) is 0. The van der Waals surface area contributed by atoms with Gasteiger partial charge < -0.3 is 0 Å². The van der Waals surface area contributed by atoms with Gasteiger partial charge in [-0.3, -0.25) is 9.59 Å². The Kier molecular flexibility index (Phi) is 4.22. The molecule has 0 spiro atoms. The summed E-state index contributed by atoms with van der Waals surface area (Å²) in [4.78, 5) is 24.2. The lowest BCUT2D eigenvalue weighted by Crippen LogP contribution is -2.22. The van der Waals surface area contributed by atoms with Crippen molar-refractivity contribution in [2.45, 2.75) is 19.8 Å². The first-order valence-corrected chi connectivity index (χ1v) is 7.17. The Morgan fingerprint density at radius 1 is 1.28 bits per heavy atom. The zero-order valence-electron chi connectivity index (χ0n) is 9.87. The third-order valence-electron chi connectivity index (χ3n) is 2.95. The lowest BCUT2D eigenvalue weighted by atomic mass is 9.86. The predicted molar refractivity (Wildman–Crippen MR) is 79.8 cm³/mol. The third-order valence-corrected chi connectivity index (χ3v) is 4.01. The third kappa shape index (κ3) is 2.83. The molecule has 0 bridgehead atoms. The second kappa shape index (κ2) is 5.53. The largest absolute Gasteiger partial charge is 0.294 e. The van der Waals surface area contributed by atoms with Crippen LogP contribution in [0.25, 0.3) is 0 Å². The number of rotatable bonds is 2. The zero-order chi connectivity index (χ0) is 13.3. The molecule has 0 saturated heterocycles. The van der Waals surface area contributed by atoms with E-state index in [1.807, 2.05) is 19.1 Å².